The molecule has 1 fully saturated rings. The van der Waals surface area contributed by atoms with Gasteiger partial charge in [-0.1, -0.05) is 37.3 Å². The van der Waals surface area contributed by atoms with Gasteiger partial charge in [-0.2, -0.15) is 0 Å². The number of hydrogen-bond acceptors (Lipinski definition) is 3. The minimum absolute atomic E-state index is 0.137. The van der Waals surface area contributed by atoms with E-state index in [2.05, 4.69) is 43.3 Å². The standard InChI is InChI=1S/C21H28N2O/c1-14(15-5-3-2-4-6-15)11-19-20(22)12-17(13-21(19)23)16-7-9-18(24)10-8-16/h2-6,12-14,16,18,24H,7-11,22-23H2,1H3/t14-,16?,18?/m1/s1. The molecular formula is C21H28N2O. The van der Waals surface area contributed by atoms with Gasteiger partial charge >= 0.3 is 0 Å². The third-order valence-corrected chi connectivity index (χ3v) is 5.39. The van der Waals surface area contributed by atoms with Gasteiger partial charge in [0.1, 0.15) is 0 Å². The first kappa shape index (κ1) is 16.8. The maximum absolute atomic E-state index is 9.69. The van der Waals surface area contributed by atoms with E-state index in [0.717, 1.165) is 49.0 Å². The van der Waals surface area contributed by atoms with Crippen molar-refractivity contribution >= 4 is 11.4 Å². The quantitative estimate of drug-likeness (QED) is 0.737. The zero-order valence-corrected chi connectivity index (χ0v) is 14.4. The Bertz CT molecular complexity index is 652. The summed E-state index contributed by atoms with van der Waals surface area (Å²) in [7, 11) is 0. The van der Waals surface area contributed by atoms with Crippen molar-refractivity contribution in [3.05, 3.63) is 59.2 Å². The van der Waals surface area contributed by atoms with Crippen LogP contribution in [-0.2, 0) is 6.42 Å². The van der Waals surface area contributed by atoms with Gasteiger partial charge in [0.15, 0.2) is 0 Å². The topological polar surface area (TPSA) is 72.3 Å². The van der Waals surface area contributed by atoms with Crippen molar-refractivity contribution in [1.82, 2.24) is 0 Å². The maximum Gasteiger partial charge on any atom is 0.0540 e. The minimum atomic E-state index is -0.137. The summed E-state index contributed by atoms with van der Waals surface area (Å²) < 4.78 is 0. The summed E-state index contributed by atoms with van der Waals surface area (Å²) >= 11 is 0. The van der Waals surface area contributed by atoms with Crippen LogP contribution in [0.2, 0.25) is 0 Å². The van der Waals surface area contributed by atoms with Crippen LogP contribution in [0.4, 0.5) is 11.4 Å². The molecule has 0 spiro atoms. The number of benzene rings is 2. The van der Waals surface area contributed by atoms with E-state index in [0.29, 0.717) is 11.8 Å². The van der Waals surface area contributed by atoms with Crippen molar-refractivity contribution < 1.29 is 5.11 Å². The van der Waals surface area contributed by atoms with E-state index in [4.69, 9.17) is 11.5 Å². The molecule has 3 nitrogen and oxygen atoms in total. The fourth-order valence-electron chi connectivity index (χ4n) is 3.83. The molecule has 2 aromatic carbocycles. The van der Waals surface area contributed by atoms with E-state index in [1.54, 1.807) is 0 Å². The number of anilines is 2. The lowest BCUT2D eigenvalue weighted by atomic mass is 9.81. The van der Waals surface area contributed by atoms with Gasteiger partial charge in [-0.3, -0.25) is 0 Å². The Balaban J connectivity index is 1.78. The lowest BCUT2D eigenvalue weighted by molar-refractivity contribution is 0.122. The van der Waals surface area contributed by atoms with Crippen LogP contribution < -0.4 is 11.5 Å². The van der Waals surface area contributed by atoms with E-state index >= 15 is 0 Å². The van der Waals surface area contributed by atoms with Crippen LogP contribution in [0, 0.1) is 0 Å². The van der Waals surface area contributed by atoms with Gasteiger partial charge < -0.3 is 16.6 Å². The third-order valence-electron chi connectivity index (χ3n) is 5.39. The van der Waals surface area contributed by atoms with Gasteiger partial charge in [0.25, 0.3) is 0 Å². The largest absolute Gasteiger partial charge is 0.398 e. The molecular weight excluding hydrogens is 296 g/mol. The van der Waals surface area contributed by atoms with Crippen molar-refractivity contribution in [3.63, 3.8) is 0 Å². The molecule has 1 aliphatic rings. The van der Waals surface area contributed by atoms with Crippen molar-refractivity contribution in [1.29, 1.82) is 0 Å². The SMILES string of the molecule is C[C@H](Cc1c(N)cc(C2CCC(O)CC2)cc1N)c1ccccc1. The molecule has 0 aromatic heterocycles. The Morgan fingerprint density at radius 1 is 1.00 bits per heavy atom. The van der Waals surface area contributed by atoms with Crippen LogP contribution in [0.15, 0.2) is 42.5 Å². The first-order chi connectivity index (χ1) is 11.5. The van der Waals surface area contributed by atoms with Crippen molar-refractivity contribution in [3.8, 4) is 0 Å². The second-order valence-electron chi connectivity index (χ2n) is 7.20. The minimum Gasteiger partial charge on any atom is -0.398 e. The number of hydrogen-bond donors (Lipinski definition) is 3. The Labute approximate surface area is 144 Å². The zero-order chi connectivity index (χ0) is 17.1. The van der Waals surface area contributed by atoms with Crippen molar-refractivity contribution in [2.45, 2.75) is 57.0 Å². The Morgan fingerprint density at radius 3 is 2.17 bits per heavy atom. The maximum atomic E-state index is 9.69. The highest BCUT2D eigenvalue weighted by Crippen LogP contribution is 2.37. The first-order valence-electron chi connectivity index (χ1n) is 8.95. The van der Waals surface area contributed by atoms with Gasteiger partial charge in [-0.05, 0) is 72.8 Å². The van der Waals surface area contributed by atoms with Crippen LogP contribution in [-0.4, -0.2) is 11.2 Å². The molecule has 0 bridgehead atoms. The first-order valence-corrected chi connectivity index (χ1v) is 8.95. The molecule has 0 heterocycles. The summed E-state index contributed by atoms with van der Waals surface area (Å²) in [5, 5.41) is 9.69. The van der Waals surface area contributed by atoms with Gasteiger partial charge in [-0.15, -0.1) is 0 Å². The van der Waals surface area contributed by atoms with Crippen LogP contribution in [0.25, 0.3) is 0 Å². The van der Waals surface area contributed by atoms with Crippen molar-refractivity contribution in [2.75, 3.05) is 11.5 Å². The third kappa shape index (κ3) is 3.73. The average molecular weight is 324 g/mol. The van der Waals surface area contributed by atoms with E-state index in [1.165, 1.54) is 11.1 Å². The Morgan fingerprint density at radius 2 is 1.58 bits per heavy atom. The molecule has 0 aliphatic heterocycles. The van der Waals surface area contributed by atoms with Gasteiger partial charge in [-0.25, -0.2) is 0 Å². The van der Waals surface area contributed by atoms with Gasteiger partial charge in [0, 0.05) is 11.4 Å². The highest BCUT2D eigenvalue weighted by Gasteiger charge is 2.22. The lowest BCUT2D eigenvalue weighted by Gasteiger charge is -2.27. The van der Waals surface area contributed by atoms with E-state index in [9.17, 15) is 5.11 Å². The number of rotatable bonds is 4. The molecule has 0 saturated heterocycles. The molecule has 0 amide bonds. The predicted molar refractivity (Wildman–Crippen MR) is 101 cm³/mol. The monoisotopic (exact) mass is 324 g/mol. The molecule has 2 aromatic rings. The number of nitrogens with two attached hydrogens (primary N) is 2. The Hall–Kier alpha value is -2.00. The highest BCUT2D eigenvalue weighted by atomic mass is 16.3. The van der Waals surface area contributed by atoms with E-state index in [-0.39, 0.29) is 6.10 Å². The molecule has 1 atom stereocenters. The van der Waals surface area contributed by atoms with Gasteiger partial charge in [0.05, 0.1) is 6.10 Å². The summed E-state index contributed by atoms with van der Waals surface area (Å²) in [4.78, 5) is 0. The molecule has 1 saturated carbocycles. The van der Waals surface area contributed by atoms with Crippen LogP contribution in [0.5, 0.6) is 0 Å². The molecule has 128 valence electrons. The van der Waals surface area contributed by atoms with Crippen LogP contribution >= 0.6 is 0 Å². The summed E-state index contributed by atoms with van der Waals surface area (Å²) in [5.74, 6) is 0.852. The Kier molecular flexibility index (Phi) is 5.10. The summed E-state index contributed by atoms with van der Waals surface area (Å²) in [6, 6.07) is 14.7. The zero-order valence-electron chi connectivity index (χ0n) is 14.4. The molecule has 0 unspecified atom stereocenters. The molecule has 5 N–H and O–H groups in total. The molecule has 3 heteroatoms. The fourth-order valence-corrected chi connectivity index (χ4v) is 3.83. The molecule has 0 radical (unpaired) electrons. The number of aliphatic hydroxyl groups is 1. The molecule has 1 aliphatic carbocycles. The molecule has 24 heavy (non-hydrogen) atoms. The average Bonchev–Trinajstić information content (AvgIpc) is 2.59. The smallest absolute Gasteiger partial charge is 0.0540 e. The summed E-state index contributed by atoms with van der Waals surface area (Å²) in [6.07, 6.45) is 4.49. The summed E-state index contributed by atoms with van der Waals surface area (Å²) in [5.41, 5.74) is 17.9. The lowest BCUT2D eigenvalue weighted by Crippen LogP contribution is -2.17. The highest BCUT2D eigenvalue weighted by molar-refractivity contribution is 5.64. The second-order valence-corrected chi connectivity index (χ2v) is 7.20. The second kappa shape index (κ2) is 7.27. The number of nitrogen functional groups attached to an aromatic ring is 2. The predicted octanol–water partition coefficient (Wildman–Crippen LogP) is 4.22. The number of aliphatic hydroxyl groups excluding tert-OH is 1. The fraction of sp³-hybridized carbons (Fsp3) is 0.429. The van der Waals surface area contributed by atoms with Crippen LogP contribution in [0.3, 0.4) is 0 Å². The molecule has 3 rings (SSSR count). The summed E-state index contributed by atoms with van der Waals surface area (Å²) in [6.45, 7) is 2.21. The van der Waals surface area contributed by atoms with Gasteiger partial charge in [0.2, 0.25) is 0 Å². The van der Waals surface area contributed by atoms with Crippen LogP contribution in [0.1, 0.15) is 61.1 Å². The van der Waals surface area contributed by atoms with E-state index in [1.807, 2.05) is 6.07 Å². The van der Waals surface area contributed by atoms with Crippen molar-refractivity contribution in [2.24, 2.45) is 0 Å². The van der Waals surface area contributed by atoms with E-state index < -0.39 is 0 Å². The normalized spacial score (nSPS) is 22.2.